The molecule has 160 valence electrons. The molecule has 2 aromatic rings. The Bertz CT molecular complexity index is 895. The van der Waals surface area contributed by atoms with Crippen molar-refractivity contribution in [2.24, 2.45) is 5.92 Å². The highest BCUT2D eigenvalue weighted by Gasteiger charge is 2.26. The number of amides is 1. The molecule has 1 N–H and O–H groups in total. The number of aryl methyl sites for hydroxylation is 1. The second-order valence-electron chi connectivity index (χ2n) is 7.81. The first kappa shape index (κ1) is 20.9. The van der Waals surface area contributed by atoms with Crippen molar-refractivity contribution < 1.29 is 9.53 Å². The first-order valence-electron chi connectivity index (χ1n) is 10.4. The van der Waals surface area contributed by atoms with Crippen molar-refractivity contribution >= 4 is 28.3 Å². The van der Waals surface area contributed by atoms with Gasteiger partial charge >= 0.3 is 0 Å². The van der Waals surface area contributed by atoms with Gasteiger partial charge < -0.3 is 15.0 Å². The number of morpholine rings is 1. The van der Waals surface area contributed by atoms with E-state index in [0.29, 0.717) is 11.9 Å². The predicted molar refractivity (Wildman–Crippen MR) is 117 cm³/mol. The second kappa shape index (κ2) is 9.63. The van der Waals surface area contributed by atoms with Crippen LogP contribution in [0.4, 0.5) is 11.1 Å². The Labute approximate surface area is 181 Å². The van der Waals surface area contributed by atoms with Crippen molar-refractivity contribution in [3.8, 4) is 0 Å². The molecule has 2 aliphatic heterocycles. The van der Waals surface area contributed by atoms with Gasteiger partial charge in [-0.3, -0.25) is 9.69 Å². The Hall–Kier alpha value is -2.36. The Morgan fingerprint density at radius 2 is 2.13 bits per heavy atom. The van der Waals surface area contributed by atoms with Gasteiger partial charge in [0.15, 0.2) is 5.13 Å². The number of thiazole rings is 1. The van der Waals surface area contributed by atoms with E-state index in [4.69, 9.17) is 14.7 Å². The number of anilines is 2. The van der Waals surface area contributed by atoms with Gasteiger partial charge in [-0.2, -0.15) is 0 Å². The molecular formula is C21H28N6O2S. The van der Waals surface area contributed by atoms with E-state index in [9.17, 15) is 4.79 Å². The Morgan fingerprint density at radius 1 is 1.33 bits per heavy atom. The number of aromatic nitrogens is 3. The maximum absolute atomic E-state index is 11.9. The summed E-state index contributed by atoms with van der Waals surface area (Å²) < 4.78 is 5.46. The Kier molecular flexibility index (Phi) is 6.71. The van der Waals surface area contributed by atoms with Crippen LogP contribution < -0.4 is 5.32 Å². The monoisotopic (exact) mass is 428 g/mol. The van der Waals surface area contributed by atoms with Crippen LogP contribution in [0.5, 0.6) is 0 Å². The molecule has 0 aliphatic carbocycles. The number of nitrogens with zero attached hydrogens (tertiary/aromatic N) is 5. The minimum Gasteiger partial charge on any atom is -0.379 e. The van der Waals surface area contributed by atoms with Gasteiger partial charge in [0.1, 0.15) is 0 Å². The molecule has 8 nitrogen and oxygen atoms in total. The van der Waals surface area contributed by atoms with Crippen molar-refractivity contribution in [2.45, 2.75) is 26.3 Å². The first-order chi connectivity index (χ1) is 14.6. The lowest BCUT2D eigenvalue weighted by Gasteiger charge is -2.26. The van der Waals surface area contributed by atoms with Crippen LogP contribution in [-0.2, 0) is 22.5 Å². The van der Waals surface area contributed by atoms with Gasteiger partial charge in [-0.25, -0.2) is 15.0 Å². The number of nitrogens with one attached hydrogen (secondary N) is 1. The van der Waals surface area contributed by atoms with Crippen LogP contribution in [0.2, 0.25) is 0 Å². The van der Waals surface area contributed by atoms with E-state index in [-0.39, 0.29) is 5.91 Å². The van der Waals surface area contributed by atoms with Crippen LogP contribution in [0.3, 0.4) is 0 Å². The van der Waals surface area contributed by atoms with Crippen LogP contribution in [0, 0.1) is 12.8 Å². The summed E-state index contributed by atoms with van der Waals surface area (Å²) in [6.45, 7) is 11.3. The van der Waals surface area contributed by atoms with Crippen LogP contribution in [0.25, 0.3) is 0 Å². The van der Waals surface area contributed by atoms with Crippen LogP contribution in [0.1, 0.15) is 22.7 Å². The molecule has 2 aliphatic rings. The maximum Gasteiger partial charge on any atom is 0.245 e. The average molecular weight is 429 g/mol. The van der Waals surface area contributed by atoms with Crippen molar-refractivity contribution in [3.05, 3.63) is 41.2 Å². The Balaban J connectivity index is 1.50. The Morgan fingerprint density at radius 3 is 2.87 bits per heavy atom. The normalized spacial score (nSPS) is 19.8. The van der Waals surface area contributed by atoms with Gasteiger partial charge in [0.2, 0.25) is 11.9 Å². The van der Waals surface area contributed by atoms with Gasteiger partial charge in [0.25, 0.3) is 0 Å². The third kappa shape index (κ3) is 5.41. The highest BCUT2D eigenvalue weighted by molar-refractivity contribution is 7.15. The standard InChI is InChI=1S/C21H28N6O2S/c1-3-19(28)27-5-4-16(13-27)10-17-11-18(14-26-6-8-29-9-7-26)24-20(23-17)25-21-22-12-15(2)30-21/h3,11-12,16H,1,4-10,13-14H2,2H3,(H,22,23,24,25). The molecule has 9 heteroatoms. The zero-order valence-corrected chi connectivity index (χ0v) is 18.2. The summed E-state index contributed by atoms with van der Waals surface area (Å²) in [7, 11) is 0. The molecular weight excluding hydrogens is 400 g/mol. The number of ether oxygens (including phenoxy) is 1. The summed E-state index contributed by atoms with van der Waals surface area (Å²) >= 11 is 1.59. The topological polar surface area (TPSA) is 83.5 Å². The quantitative estimate of drug-likeness (QED) is 0.678. The van der Waals surface area contributed by atoms with E-state index in [1.165, 1.54) is 6.08 Å². The van der Waals surface area contributed by atoms with E-state index < -0.39 is 0 Å². The molecule has 0 spiro atoms. The summed E-state index contributed by atoms with van der Waals surface area (Å²) in [5.74, 6) is 0.992. The molecule has 1 atom stereocenters. The van der Waals surface area contributed by atoms with Crippen LogP contribution >= 0.6 is 11.3 Å². The van der Waals surface area contributed by atoms with Gasteiger partial charge in [-0.15, -0.1) is 11.3 Å². The van der Waals surface area contributed by atoms with Gasteiger partial charge in [-0.05, 0) is 37.8 Å². The summed E-state index contributed by atoms with van der Waals surface area (Å²) in [4.78, 5) is 31.1. The summed E-state index contributed by atoms with van der Waals surface area (Å²) in [6, 6.07) is 2.10. The molecule has 2 saturated heterocycles. The highest BCUT2D eigenvalue weighted by atomic mass is 32.1. The number of carbonyl (C=O) groups excluding carboxylic acids is 1. The molecule has 0 aromatic carbocycles. The third-order valence-electron chi connectivity index (χ3n) is 5.43. The van der Waals surface area contributed by atoms with E-state index in [0.717, 1.165) is 80.2 Å². The van der Waals surface area contributed by atoms with Gasteiger partial charge in [0.05, 0.1) is 18.9 Å². The molecule has 1 unspecified atom stereocenters. The lowest BCUT2D eigenvalue weighted by molar-refractivity contribution is -0.125. The number of hydrogen-bond acceptors (Lipinski definition) is 8. The molecule has 1 amide bonds. The SMILES string of the molecule is C=CC(=O)N1CCC(Cc2cc(CN3CCOCC3)nc(Nc3ncc(C)s3)n2)C1. The zero-order valence-electron chi connectivity index (χ0n) is 17.3. The van der Waals surface area contributed by atoms with Crippen molar-refractivity contribution in [1.82, 2.24) is 24.8 Å². The molecule has 0 saturated carbocycles. The number of hydrogen-bond donors (Lipinski definition) is 1. The smallest absolute Gasteiger partial charge is 0.245 e. The molecule has 0 radical (unpaired) electrons. The van der Waals surface area contributed by atoms with Crippen LogP contribution in [0.15, 0.2) is 24.9 Å². The van der Waals surface area contributed by atoms with Gasteiger partial charge in [-0.1, -0.05) is 6.58 Å². The average Bonchev–Trinajstić information content (AvgIpc) is 3.37. The highest BCUT2D eigenvalue weighted by Crippen LogP contribution is 2.24. The minimum atomic E-state index is 0.00897. The lowest BCUT2D eigenvalue weighted by Crippen LogP contribution is -2.36. The fourth-order valence-electron chi connectivity index (χ4n) is 3.92. The van der Waals surface area contributed by atoms with Crippen molar-refractivity contribution in [2.75, 3.05) is 44.7 Å². The van der Waals surface area contributed by atoms with E-state index in [1.807, 2.05) is 18.0 Å². The predicted octanol–water partition coefficient (Wildman–Crippen LogP) is 2.39. The van der Waals surface area contributed by atoms with Crippen molar-refractivity contribution in [1.29, 1.82) is 0 Å². The largest absolute Gasteiger partial charge is 0.379 e. The number of likely N-dealkylation sites (tertiary alicyclic amines) is 1. The molecule has 2 aromatic heterocycles. The maximum atomic E-state index is 11.9. The fourth-order valence-corrected chi connectivity index (χ4v) is 4.57. The fraction of sp³-hybridized carbons (Fsp3) is 0.524. The summed E-state index contributed by atoms with van der Waals surface area (Å²) in [5.41, 5.74) is 2.00. The minimum absolute atomic E-state index is 0.00897. The molecule has 4 heterocycles. The van der Waals surface area contributed by atoms with Gasteiger partial charge in [0, 0.05) is 49.5 Å². The summed E-state index contributed by atoms with van der Waals surface area (Å²) in [6.07, 6.45) is 5.04. The zero-order chi connectivity index (χ0) is 20.9. The molecule has 0 bridgehead atoms. The summed E-state index contributed by atoms with van der Waals surface area (Å²) in [5, 5.41) is 4.06. The van der Waals surface area contributed by atoms with E-state index in [2.05, 4.69) is 27.8 Å². The first-order valence-corrected chi connectivity index (χ1v) is 11.2. The number of rotatable bonds is 7. The lowest BCUT2D eigenvalue weighted by atomic mass is 10.0. The number of carbonyl (C=O) groups is 1. The molecule has 30 heavy (non-hydrogen) atoms. The molecule has 2 fully saturated rings. The van der Waals surface area contributed by atoms with Crippen LogP contribution in [-0.4, -0.2) is 70.1 Å². The van der Waals surface area contributed by atoms with E-state index in [1.54, 1.807) is 11.3 Å². The van der Waals surface area contributed by atoms with E-state index >= 15 is 0 Å². The van der Waals surface area contributed by atoms with Crippen molar-refractivity contribution in [3.63, 3.8) is 0 Å². The molecule has 4 rings (SSSR count). The third-order valence-corrected chi connectivity index (χ3v) is 6.26. The second-order valence-corrected chi connectivity index (χ2v) is 9.05.